The fraction of sp³-hybridized carbons (Fsp3) is 0.488. The smallest absolute Gasteiger partial charge is 0.262 e. The zero-order valence-corrected chi connectivity index (χ0v) is 33.4. The molecule has 0 bridgehead atoms. The molecule has 0 spiro atoms. The lowest BCUT2D eigenvalue weighted by Crippen LogP contribution is -2.54. The van der Waals surface area contributed by atoms with Crippen molar-refractivity contribution in [3.8, 4) is 11.8 Å². The summed E-state index contributed by atoms with van der Waals surface area (Å²) in [5.41, 5.74) is 2.40. The van der Waals surface area contributed by atoms with Gasteiger partial charge in [0.25, 0.3) is 17.7 Å². The topological polar surface area (TPSA) is 181 Å². The van der Waals surface area contributed by atoms with Crippen molar-refractivity contribution in [1.29, 1.82) is 5.26 Å². The van der Waals surface area contributed by atoms with E-state index in [0.717, 1.165) is 94.9 Å². The minimum absolute atomic E-state index is 0.0253. The van der Waals surface area contributed by atoms with Crippen LogP contribution in [-0.2, 0) is 9.59 Å². The summed E-state index contributed by atoms with van der Waals surface area (Å²) in [4.78, 5) is 81.0. The van der Waals surface area contributed by atoms with Gasteiger partial charge in [-0.25, -0.2) is 9.97 Å². The Morgan fingerprint density at radius 3 is 2.25 bits per heavy atom. The number of aromatic nitrogens is 2. The van der Waals surface area contributed by atoms with Crippen LogP contribution in [0.3, 0.4) is 0 Å². The third-order valence-corrected chi connectivity index (χ3v) is 13.4. The molecule has 3 unspecified atom stereocenters. The van der Waals surface area contributed by atoms with Crippen LogP contribution >= 0.6 is 11.6 Å². The van der Waals surface area contributed by atoms with E-state index < -0.39 is 23.8 Å². The Kier molecular flexibility index (Phi) is 10.7. The number of rotatable bonds is 9. The molecule has 4 saturated heterocycles. The molecule has 6 heterocycles. The summed E-state index contributed by atoms with van der Waals surface area (Å²) >= 11 is 6.15. The molecule has 1 saturated carbocycles. The van der Waals surface area contributed by atoms with Gasteiger partial charge in [-0.05, 0) is 93.0 Å². The van der Waals surface area contributed by atoms with Crippen LogP contribution in [0.2, 0.25) is 5.02 Å². The Labute approximate surface area is 347 Å². The maximum Gasteiger partial charge on any atom is 0.262 e. The molecule has 5 fully saturated rings. The second kappa shape index (κ2) is 16.2. The number of nitrogens with zero attached hydrogens (tertiary/aromatic N) is 7. The molecule has 9 rings (SSSR count). The third-order valence-electron chi connectivity index (χ3n) is 13.0. The average molecular weight is 820 g/mol. The maximum atomic E-state index is 13.4. The van der Waals surface area contributed by atoms with Crippen LogP contribution in [0, 0.1) is 29.1 Å². The molecule has 1 aliphatic carbocycles. The number of nitrogens with one attached hydrogen (secondary N) is 2. The first-order chi connectivity index (χ1) is 28.6. The van der Waals surface area contributed by atoms with E-state index in [-0.39, 0.29) is 36.8 Å². The van der Waals surface area contributed by atoms with Crippen LogP contribution in [-0.4, -0.2) is 113 Å². The zero-order valence-electron chi connectivity index (χ0n) is 32.6. The SMILES string of the molecule is N#Cc1ccc(OC2CCC(NC(=O)c3cnc(N4CCC(CN5CC6CN(c7ccc8c(c7)C(=O)N(C7CCC(=O)NC7=O)C8=O)CC6C5)CC4)nc3)CC2)cc1Cl. The lowest BCUT2D eigenvalue weighted by atomic mass is 9.92. The summed E-state index contributed by atoms with van der Waals surface area (Å²) in [6.45, 7) is 6.62. The number of imide groups is 2. The standard InChI is InChI=1S/C43H46ClN9O6/c44-36-16-33(5-1-26(36)17-45)59-32-6-2-30(3-7-32)48-39(55)27-18-46-43(47-19-27)51-13-11-25(12-14-51)20-50-21-28-23-52(24-29(28)22-50)31-4-8-34-35(15-31)42(58)53(41(34)57)37-9-10-38(54)49-40(37)56/h1,4-5,8,15-16,18-19,25,28-30,32,37H,2-3,6-7,9-14,20-24H2,(H,48,55)(H,49,54,56). The molecular formula is C43H46ClN9O6. The number of carbonyl (C=O) groups is 5. The second-order valence-corrected chi connectivity index (χ2v) is 17.2. The van der Waals surface area contributed by atoms with Crippen molar-refractivity contribution < 1.29 is 28.7 Å². The van der Waals surface area contributed by atoms with Crippen molar-refractivity contribution in [3.63, 3.8) is 0 Å². The van der Waals surface area contributed by atoms with E-state index in [9.17, 15) is 24.0 Å². The quantitative estimate of drug-likeness (QED) is 0.299. The number of likely N-dealkylation sites (tertiary alicyclic amines) is 1. The molecule has 15 nitrogen and oxygen atoms in total. The monoisotopic (exact) mass is 819 g/mol. The van der Waals surface area contributed by atoms with Crippen molar-refractivity contribution in [2.45, 2.75) is 69.6 Å². The number of ether oxygens (including phenoxy) is 1. The summed E-state index contributed by atoms with van der Waals surface area (Å²) < 4.78 is 6.09. The Hall–Kier alpha value is -5.59. The molecule has 16 heteroatoms. The lowest BCUT2D eigenvalue weighted by molar-refractivity contribution is -0.136. The van der Waals surface area contributed by atoms with E-state index in [1.807, 2.05) is 6.07 Å². The second-order valence-electron chi connectivity index (χ2n) is 16.8. The van der Waals surface area contributed by atoms with Gasteiger partial charge in [-0.2, -0.15) is 5.26 Å². The van der Waals surface area contributed by atoms with Gasteiger partial charge in [-0.15, -0.1) is 0 Å². The number of anilines is 2. The van der Waals surface area contributed by atoms with Crippen molar-refractivity contribution in [2.24, 2.45) is 17.8 Å². The molecule has 1 aromatic heterocycles. The summed E-state index contributed by atoms with van der Waals surface area (Å²) in [5.74, 6) is 0.798. The molecule has 6 aliphatic rings. The first-order valence-electron chi connectivity index (χ1n) is 20.7. The van der Waals surface area contributed by atoms with Gasteiger partial charge in [-0.3, -0.25) is 34.2 Å². The van der Waals surface area contributed by atoms with E-state index in [2.05, 4.69) is 41.4 Å². The van der Waals surface area contributed by atoms with Crippen LogP contribution in [0.1, 0.15) is 88.0 Å². The van der Waals surface area contributed by atoms with Crippen LogP contribution < -0.4 is 25.2 Å². The highest BCUT2D eigenvalue weighted by atomic mass is 35.5. The summed E-state index contributed by atoms with van der Waals surface area (Å²) in [7, 11) is 0. The number of halogens is 1. The van der Waals surface area contributed by atoms with Gasteiger partial charge in [0.15, 0.2) is 0 Å². The molecule has 3 aromatic rings. The molecule has 59 heavy (non-hydrogen) atoms. The van der Waals surface area contributed by atoms with Crippen molar-refractivity contribution in [2.75, 3.05) is 55.6 Å². The van der Waals surface area contributed by atoms with E-state index >= 15 is 0 Å². The fourth-order valence-corrected chi connectivity index (χ4v) is 10.0. The first-order valence-corrected chi connectivity index (χ1v) is 21.0. The maximum absolute atomic E-state index is 13.4. The Morgan fingerprint density at radius 1 is 0.864 bits per heavy atom. The van der Waals surface area contributed by atoms with E-state index in [0.29, 0.717) is 56.7 Å². The predicted molar refractivity (Wildman–Crippen MR) is 216 cm³/mol. The van der Waals surface area contributed by atoms with Crippen molar-refractivity contribution in [3.05, 3.63) is 76.1 Å². The number of benzene rings is 2. The molecule has 2 N–H and O–H groups in total. The van der Waals surface area contributed by atoms with Crippen molar-refractivity contribution in [1.82, 2.24) is 30.4 Å². The molecule has 3 atom stereocenters. The number of hydrogen-bond donors (Lipinski definition) is 2. The summed E-state index contributed by atoms with van der Waals surface area (Å²) in [5, 5.41) is 14.9. The lowest BCUT2D eigenvalue weighted by Gasteiger charge is -2.34. The molecule has 5 amide bonds. The summed E-state index contributed by atoms with van der Waals surface area (Å²) in [6, 6.07) is 11.6. The third kappa shape index (κ3) is 7.95. The van der Waals surface area contributed by atoms with Crippen LogP contribution in [0.4, 0.5) is 11.6 Å². The number of amides is 5. The Balaban J connectivity index is 0.699. The first kappa shape index (κ1) is 38.9. The van der Waals surface area contributed by atoms with E-state index in [1.165, 1.54) is 0 Å². The minimum atomic E-state index is -0.970. The normalized spacial score (nSPS) is 26.1. The van der Waals surface area contributed by atoms with Crippen molar-refractivity contribution >= 4 is 52.8 Å². The van der Waals surface area contributed by atoms with E-state index in [4.69, 9.17) is 21.6 Å². The Bertz CT molecular complexity index is 2200. The predicted octanol–water partition coefficient (Wildman–Crippen LogP) is 3.81. The van der Waals surface area contributed by atoms with Gasteiger partial charge >= 0.3 is 0 Å². The molecule has 5 aliphatic heterocycles. The van der Waals surface area contributed by atoms with Crippen LogP contribution in [0.5, 0.6) is 5.75 Å². The number of nitriles is 1. The molecule has 2 aromatic carbocycles. The number of carbonyl (C=O) groups excluding carboxylic acids is 5. The van der Waals surface area contributed by atoms with Crippen LogP contribution in [0.25, 0.3) is 0 Å². The number of hydrogen-bond acceptors (Lipinski definition) is 12. The summed E-state index contributed by atoms with van der Waals surface area (Å²) in [6.07, 6.45) is 8.78. The highest BCUT2D eigenvalue weighted by Crippen LogP contribution is 2.37. The Morgan fingerprint density at radius 2 is 1.58 bits per heavy atom. The van der Waals surface area contributed by atoms with Gasteiger partial charge < -0.3 is 24.8 Å². The zero-order chi connectivity index (χ0) is 40.8. The van der Waals surface area contributed by atoms with Crippen LogP contribution in [0.15, 0.2) is 48.8 Å². The van der Waals surface area contributed by atoms with Gasteiger partial charge in [0, 0.05) is 82.4 Å². The fourth-order valence-electron chi connectivity index (χ4n) is 9.83. The van der Waals surface area contributed by atoms with E-state index in [1.54, 1.807) is 42.7 Å². The minimum Gasteiger partial charge on any atom is -0.490 e. The van der Waals surface area contributed by atoms with Gasteiger partial charge in [0.1, 0.15) is 17.9 Å². The molecule has 306 valence electrons. The molecular weight excluding hydrogens is 774 g/mol. The molecule has 0 radical (unpaired) electrons. The van der Waals surface area contributed by atoms with Gasteiger partial charge in [-0.1, -0.05) is 11.6 Å². The highest BCUT2D eigenvalue weighted by molar-refractivity contribution is 6.31. The highest BCUT2D eigenvalue weighted by Gasteiger charge is 2.46. The number of piperidine rings is 2. The van der Waals surface area contributed by atoms with Gasteiger partial charge in [0.2, 0.25) is 17.8 Å². The van der Waals surface area contributed by atoms with Gasteiger partial charge in [0.05, 0.1) is 33.4 Å². The number of fused-ring (bicyclic) bond motifs is 2. The largest absolute Gasteiger partial charge is 0.490 e. The average Bonchev–Trinajstić information content (AvgIpc) is 3.88.